The first-order chi connectivity index (χ1) is 6.25. The van der Waals surface area contributed by atoms with Crippen LogP contribution in [0, 0.1) is 0 Å². The molecular formula is C12H12O. The van der Waals surface area contributed by atoms with Crippen LogP contribution < -0.4 is 0 Å². The molecule has 13 heavy (non-hydrogen) atoms. The van der Waals surface area contributed by atoms with Crippen LogP contribution in [0.25, 0.3) is 5.57 Å². The van der Waals surface area contributed by atoms with Gasteiger partial charge in [0.25, 0.3) is 0 Å². The molecule has 0 fully saturated rings. The predicted octanol–water partition coefficient (Wildman–Crippen LogP) is 2.85. The summed E-state index contributed by atoms with van der Waals surface area (Å²) in [6, 6.07) is 9.58. The number of Topliss-reactive ketones (excluding diaryl/α,β-unsaturated/α-hetero) is 1. The van der Waals surface area contributed by atoms with Crippen molar-refractivity contribution < 1.29 is 4.79 Å². The number of carbonyl (C=O) groups excluding carboxylic acids is 1. The molecule has 0 amide bonds. The normalized spacial score (nSPS) is 11.0. The lowest BCUT2D eigenvalue weighted by Crippen LogP contribution is -1.94. The molecule has 0 N–H and O–H groups in total. The summed E-state index contributed by atoms with van der Waals surface area (Å²) in [6.07, 6.45) is 3.36. The van der Waals surface area contributed by atoms with Gasteiger partial charge in [-0.2, -0.15) is 0 Å². The highest BCUT2D eigenvalue weighted by atomic mass is 16.1. The van der Waals surface area contributed by atoms with Crippen LogP contribution in [0.5, 0.6) is 0 Å². The molecular weight excluding hydrogens is 160 g/mol. The molecule has 1 aromatic rings. The molecule has 0 radical (unpaired) electrons. The fourth-order valence-electron chi connectivity index (χ4n) is 1.15. The van der Waals surface area contributed by atoms with E-state index in [-0.39, 0.29) is 5.78 Å². The number of hydrogen-bond donors (Lipinski definition) is 0. The Balaban J connectivity index is 3.10. The first-order valence-electron chi connectivity index (χ1n) is 4.15. The van der Waals surface area contributed by atoms with E-state index in [4.69, 9.17) is 0 Å². The highest BCUT2D eigenvalue weighted by Crippen LogP contribution is 2.14. The Morgan fingerprint density at radius 1 is 1.31 bits per heavy atom. The van der Waals surface area contributed by atoms with Crippen LogP contribution in [0.15, 0.2) is 49.1 Å². The molecule has 1 heteroatoms. The number of ketones is 1. The van der Waals surface area contributed by atoms with Gasteiger partial charge in [-0.05, 0) is 12.5 Å². The van der Waals surface area contributed by atoms with Crippen LogP contribution >= 0.6 is 0 Å². The lowest BCUT2D eigenvalue weighted by atomic mass is 10.0. The second-order valence-electron chi connectivity index (χ2n) is 2.74. The molecule has 0 aliphatic heterocycles. The average molecular weight is 172 g/mol. The standard InChI is InChI=1S/C12H12O/c1-3-7-12(10(2)13)11-8-5-4-6-9-11/h3-9H,1H2,2H3. The molecule has 0 aliphatic rings. The van der Waals surface area contributed by atoms with Gasteiger partial charge in [0.15, 0.2) is 5.78 Å². The van der Waals surface area contributed by atoms with Crippen LogP contribution in [-0.2, 0) is 4.79 Å². The monoisotopic (exact) mass is 172 g/mol. The van der Waals surface area contributed by atoms with E-state index >= 15 is 0 Å². The molecule has 0 heterocycles. The quantitative estimate of drug-likeness (QED) is 0.506. The van der Waals surface area contributed by atoms with Crippen LogP contribution in [0.1, 0.15) is 12.5 Å². The Morgan fingerprint density at radius 3 is 2.38 bits per heavy atom. The Hall–Kier alpha value is -1.63. The van der Waals surface area contributed by atoms with Crippen molar-refractivity contribution in [2.45, 2.75) is 6.92 Å². The van der Waals surface area contributed by atoms with Crippen LogP contribution in [0.2, 0.25) is 0 Å². The Labute approximate surface area is 78.4 Å². The zero-order chi connectivity index (χ0) is 9.68. The smallest absolute Gasteiger partial charge is 0.160 e. The van der Waals surface area contributed by atoms with E-state index < -0.39 is 0 Å². The molecule has 0 saturated heterocycles. The van der Waals surface area contributed by atoms with Gasteiger partial charge in [-0.25, -0.2) is 0 Å². The number of hydrogen-bond acceptors (Lipinski definition) is 1. The molecule has 0 spiro atoms. The minimum absolute atomic E-state index is 0.0612. The number of allylic oxidation sites excluding steroid dienone is 3. The highest BCUT2D eigenvalue weighted by molar-refractivity contribution is 6.19. The molecule has 1 aromatic carbocycles. The molecule has 1 nitrogen and oxygen atoms in total. The maximum absolute atomic E-state index is 11.2. The van der Waals surface area contributed by atoms with Gasteiger partial charge >= 0.3 is 0 Å². The van der Waals surface area contributed by atoms with Gasteiger partial charge in [0.2, 0.25) is 0 Å². The third-order valence-electron chi connectivity index (χ3n) is 1.75. The number of benzene rings is 1. The molecule has 0 aliphatic carbocycles. The predicted molar refractivity (Wildman–Crippen MR) is 55.3 cm³/mol. The largest absolute Gasteiger partial charge is 0.294 e. The summed E-state index contributed by atoms with van der Waals surface area (Å²) in [5, 5.41) is 0. The lowest BCUT2D eigenvalue weighted by molar-refractivity contribution is -0.111. The van der Waals surface area contributed by atoms with Gasteiger partial charge in [-0.1, -0.05) is 49.1 Å². The van der Waals surface area contributed by atoms with Gasteiger partial charge < -0.3 is 0 Å². The summed E-state index contributed by atoms with van der Waals surface area (Å²) in [5.74, 6) is 0.0612. The maximum atomic E-state index is 11.2. The van der Waals surface area contributed by atoms with E-state index in [9.17, 15) is 4.79 Å². The molecule has 1 rings (SSSR count). The average Bonchev–Trinajstić information content (AvgIpc) is 2.15. The van der Waals surface area contributed by atoms with Gasteiger partial charge in [0.05, 0.1) is 0 Å². The van der Waals surface area contributed by atoms with E-state index in [2.05, 4.69) is 6.58 Å². The minimum atomic E-state index is 0.0612. The van der Waals surface area contributed by atoms with Crippen molar-refractivity contribution in [2.24, 2.45) is 0 Å². The summed E-state index contributed by atoms with van der Waals surface area (Å²) in [4.78, 5) is 11.2. The van der Waals surface area contributed by atoms with E-state index in [0.717, 1.165) is 5.56 Å². The van der Waals surface area contributed by atoms with E-state index in [1.54, 1.807) is 19.1 Å². The lowest BCUT2D eigenvalue weighted by Gasteiger charge is -2.01. The summed E-state index contributed by atoms with van der Waals surface area (Å²) in [5.41, 5.74) is 1.64. The van der Waals surface area contributed by atoms with Gasteiger partial charge in [0.1, 0.15) is 0 Å². The topological polar surface area (TPSA) is 17.1 Å². The summed E-state index contributed by atoms with van der Waals surface area (Å²) < 4.78 is 0. The third-order valence-corrected chi connectivity index (χ3v) is 1.75. The molecule has 66 valence electrons. The summed E-state index contributed by atoms with van der Waals surface area (Å²) in [6.45, 7) is 5.14. The fraction of sp³-hybridized carbons (Fsp3) is 0.0833. The van der Waals surface area contributed by atoms with Gasteiger partial charge in [-0.15, -0.1) is 0 Å². The Morgan fingerprint density at radius 2 is 1.92 bits per heavy atom. The van der Waals surface area contributed by atoms with Crippen LogP contribution in [0.3, 0.4) is 0 Å². The van der Waals surface area contributed by atoms with Crippen molar-refractivity contribution >= 4 is 11.4 Å². The fourth-order valence-corrected chi connectivity index (χ4v) is 1.15. The molecule has 0 aromatic heterocycles. The summed E-state index contributed by atoms with van der Waals surface area (Å²) in [7, 11) is 0. The van der Waals surface area contributed by atoms with Crippen molar-refractivity contribution in [3.63, 3.8) is 0 Å². The molecule has 0 saturated carbocycles. The van der Waals surface area contributed by atoms with Crippen LogP contribution in [-0.4, -0.2) is 5.78 Å². The first kappa shape index (κ1) is 9.46. The molecule has 0 bridgehead atoms. The number of rotatable bonds is 3. The number of carbonyl (C=O) groups is 1. The van der Waals surface area contributed by atoms with Crippen molar-refractivity contribution in [1.29, 1.82) is 0 Å². The Bertz CT molecular complexity index is 333. The second kappa shape index (κ2) is 4.41. The van der Waals surface area contributed by atoms with E-state index in [1.165, 1.54) is 0 Å². The van der Waals surface area contributed by atoms with Crippen molar-refractivity contribution in [3.05, 3.63) is 54.6 Å². The summed E-state index contributed by atoms with van der Waals surface area (Å²) >= 11 is 0. The van der Waals surface area contributed by atoms with E-state index in [1.807, 2.05) is 30.3 Å². The SMILES string of the molecule is C=CC=C(C(C)=O)c1ccccc1. The maximum Gasteiger partial charge on any atom is 0.160 e. The van der Waals surface area contributed by atoms with Crippen molar-refractivity contribution in [1.82, 2.24) is 0 Å². The zero-order valence-electron chi connectivity index (χ0n) is 7.66. The minimum Gasteiger partial charge on any atom is -0.294 e. The van der Waals surface area contributed by atoms with Crippen molar-refractivity contribution in [3.8, 4) is 0 Å². The first-order valence-corrected chi connectivity index (χ1v) is 4.15. The van der Waals surface area contributed by atoms with E-state index in [0.29, 0.717) is 5.57 Å². The molecule has 0 atom stereocenters. The molecule has 0 unspecified atom stereocenters. The van der Waals surface area contributed by atoms with Crippen molar-refractivity contribution in [2.75, 3.05) is 0 Å². The van der Waals surface area contributed by atoms with Gasteiger partial charge in [0, 0.05) is 5.57 Å². The van der Waals surface area contributed by atoms with Crippen LogP contribution in [0.4, 0.5) is 0 Å². The second-order valence-corrected chi connectivity index (χ2v) is 2.74. The highest BCUT2D eigenvalue weighted by Gasteiger charge is 2.03. The Kier molecular flexibility index (Phi) is 3.21. The van der Waals surface area contributed by atoms with Gasteiger partial charge in [-0.3, -0.25) is 4.79 Å². The third kappa shape index (κ3) is 2.41. The zero-order valence-corrected chi connectivity index (χ0v) is 7.66.